The summed E-state index contributed by atoms with van der Waals surface area (Å²) >= 11 is 7.86. The average molecular weight is 469 g/mol. The molecule has 32 heavy (non-hydrogen) atoms. The van der Waals surface area contributed by atoms with E-state index in [-0.39, 0.29) is 6.10 Å². The van der Waals surface area contributed by atoms with Crippen LogP contribution in [0.25, 0.3) is 16.2 Å². The highest BCUT2D eigenvalue weighted by Gasteiger charge is 2.21. The van der Waals surface area contributed by atoms with Gasteiger partial charge in [0, 0.05) is 22.8 Å². The van der Waals surface area contributed by atoms with Crippen LogP contribution in [0.4, 0.5) is 0 Å². The van der Waals surface area contributed by atoms with Crippen LogP contribution in [0.2, 0.25) is 5.02 Å². The number of rotatable bonds is 9. The molecule has 3 aromatic heterocycles. The zero-order valence-electron chi connectivity index (χ0n) is 18.0. The molecule has 0 fully saturated rings. The molecule has 1 atom stereocenters. The molecule has 3 heterocycles. The first-order valence-electron chi connectivity index (χ1n) is 10.4. The molecule has 166 valence electrons. The number of ether oxygens (including phenoxy) is 1. The molecule has 1 unspecified atom stereocenters. The zero-order valence-corrected chi connectivity index (χ0v) is 19.5. The third-order valence-corrected chi connectivity index (χ3v) is 6.77. The molecule has 4 aromatic rings. The van der Waals surface area contributed by atoms with Gasteiger partial charge in [-0.05, 0) is 57.1 Å². The third-order valence-electron chi connectivity index (χ3n) is 5.29. The van der Waals surface area contributed by atoms with Crippen LogP contribution in [0.1, 0.15) is 40.2 Å². The number of carbonyl (C=O) groups is 1. The molecular formula is C24H25ClN4O2S. The fourth-order valence-electron chi connectivity index (χ4n) is 3.65. The Kier molecular flexibility index (Phi) is 6.79. The van der Waals surface area contributed by atoms with E-state index in [9.17, 15) is 4.79 Å². The van der Waals surface area contributed by atoms with Crippen LogP contribution in [0, 0.1) is 0 Å². The summed E-state index contributed by atoms with van der Waals surface area (Å²) in [6.45, 7) is 2.87. The largest absolute Gasteiger partial charge is 0.484 e. The number of benzene rings is 1. The van der Waals surface area contributed by atoms with Gasteiger partial charge in [0.25, 0.3) is 5.91 Å². The molecule has 1 aromatic carbocycles. The first kappa shape index (κ1) is 22.3. The molecule has 0 saturated carbocycles. The smallest absolute Gasteiger partial charge is 0.262 e. The van der Waals surface area contributed by atoms with Crippen molar-refractivity contribution in [1.29, 1.82) is 0 Å². The van der Waals surface area contributed by atoms with Gasteiger partial charge in [0.2, 0.25) is 0 Å². The van der Waals surface area contributed by atoms with E-state index in [4.69, 9.17) is 22.1 Å². The number of carbonyl (C=O) groups excluding carboxylic acids is 1. The minimum Gasteiger partial charge on any atom is -0.484 e. The first-order chi connectivity index (χ1) is 15.5. The van der Waals surface area contributed by atoms with Gasteiger partial charge in [0.15, 0.2) is 0 Å². The molecule has 6 nitrogen and oxygen atoms in total. The molecule has 0 aliphatic carbocycles. The second-order valence-corrected chi connectivity index (χ2v) is 9.02. The minimum atomic E-state index is -0.525. The van der Waals surface area contributed by atoms with Crippen molar-refractivity contribution in [3.8, 4) is 16.3 Å². The van der Waals surface area contributed by atoms with Crippen LogP contribution in [0.15, 0.2) is 54.9 Å². The Balaban J connectivity index is 1.59. The number of thiophene rings is 1. The van der Waals surface area contributed by atoms with Gasteiger partial charge in [0.05, 0.1) is 16.8 Å². The summed E-state index contributed by atoms with van der Waals surface area (Å²) < 4.78 is 8.15. The summed E-state index contributed by atoms with van der Waals surface area (Å²) in [6, 6.07) is 13.7. The molecule has 0 saturated heterocycles. The number of nitrogens with one attached hydrogen (secondary N) is 1. The number of aryl methyl sites for hydroxylation is 1. The van der Waals surface area contributed by atoms with Crippen molar-refractivity contribution in [3.63, 3.8) is 0 Å². The van der Waals surface area contributed by atoms with Crippen LogP contribution in [0.5, 0.6) is 5.75 Å². The highest BCUT2D eigenvalue weighted by molar-refractivity contribution is 7.17. The highest BCUT2D eigenvalue weighted by Crippen LogP contribution is 2.39. The van der Waals surface area contributed by atoms with E-state index in [0.29, 0.717) is 15.6 Å². The van der Waals surface area contributed by atoms with Gasteiger partial charge >= 0.3 is 0 Å². The first-order valence-corrected chi connectivity index (χ1v) is 11.6. The fraction of sp³-hybridized carbons (Fsp3) is 0.250. The lowest BCUT2D eigenvalue weighted by Crippen LogP contribution is -2.12. The maximum absolute atomic E-state index is 12.1. The van der Waals surface area contributed by atoms with Crippen LogP contribution in [-0.2, 0) is 6.42 Å². The lowest BCUT2D eigenvalue weighted by molar-refractivity contribution is 0.0998. The van der Waals surface area contributed by atoms with Crippen LogP contribution in [0.3, 0.4) is 0 Å². The Labute approximate surface area is 196 Å². The van der Waals surface area contributed by atoms with E-state index < -0.39 is 5.91 Å². The highest BCUT2D eigenvalue weighted by atomic mass is 35.5. The number of nitrogens with zero attached hydrogens (tertiary/aromatic N) is 2. The monoisotopic (exact) mass is 468 g/mol. The second kappa shape index (κ2) is 9.73. The molecule has 0 spiro atoms. The fourth-order valence-corrected chi connectivity index (χ4v) is 4.96. The zero-order chi connectivity index (χ0) is 22.7. The van der Waals surface area contributed by atoms with E-state index >= 15 is 0 Å². The number of halogens is 1. The maximum atomic E-state index is 12.1. The van der Waals surface area contributed by atoms with Gasteiger partial charge in [0.1, 0.15) is 22.4 Å². The topological polar surface area (TPSA) is 81.7 Å². The van der Waals surface area contributed by atoms with Crippen LogP contribution >= 0.6 is 22.9 Å². The summed E-state index contributed by atoms with van der Waals surface area (Å²) in [6.07, 6.45) is 5.36. The average Bonchev–Trinajstić information content (AvgIpc) is 3.38. The standard InChI is InChI=1S/C24H25ClN4O2S/c1-15(17-9-8-16(12-18(17)25)6-5-10-27-2)31-20-13-21(32-23(20)24(26)30)19-14-28-22-7-3-4-11-29(19)22/h3-4,7-9,11-15,27H,5-6,10H2,1-2H3,(H2,26,30). The summed E-state index contributed by atoms with van der Waals surface area (Å²) in [5, 5.41) is 3.80. The quantitative estimate of drug-likeness (QED) is 0.334. The molecule has 8 heteroatoms. The van der Waals surface area contributed by atoms with Crippen molar-refractivity contribution >= 4 is 34.5 Å². The number of primary amides is 1. The molecule has 0 aliphatic rings. The van der Waals surface area contributed by atoms with Crippen molar-refractivity contribution in [3.05, 3.63) is 75.9 Å². The van der Waals surface area contributed by atoms with E-state index in [0.717, 1.165) is 41.2 Å². The number of pyridine rings is 1. The van der Waals surface area contributed by atoms with Gasteiger partial charge < -0.3 is 15.8 Å². The van der Waals surface area contributed by atoms with E-state index in [1.165, 1.54) is 16.9 Å². The van der Waals surface area contributed by atoms with E-state index in [1.54, 1.807) is 6.20 Å². The summed E-state index contributed by atoms with van der Waals surface area (Å²) in [7, 11) is 1.95. The van der Waals surface area contributed by atoms with Crippen molar-refractivity contribution < 1.29 is 9.53 Å². The number of fused-ring (bicyclic) bond motifs is 1. The molecule has 4 rings (SSSR count). The van der Waals surface area contributed by atoms with E-state index in [1.807, 2.05) is 61.0 Å². The molecule has 3 N–H and O–H groups in total. The SMILES string of the molecule is CNCCCc1ccc(C(C)Oc2cc(-c3cnc4ccccn34)sc2C(N)=O)c(Cl)c1. The minimum absolute atomic E-state index is 0.350. The second-order valence-electron chi connectivity index (χ2n) is 7.56. The Morgan fingerprint density at radius 1 is 1.31 bits per heavy atom. The van der Waals surface area contributed by atoms with Crippen LogP contribution < -0.4 is 15.8 Å². The normalized spacial score (nSPS) is 12.2. The van der Waals surface area contributed by atoms with Crippen molar-refractivity contribution in [2.45, 2.75) is 25.9 Å². The lowest BCUT2D eigenvalue weighted by Gasteiger charge is -2.17. The van der Waals surface area contributed by atoms with Crippen molar-refractivity contribution in [2.24, 2.45) is 5.73 Å². The molecule has 0 bridgehead atoms. The maximum Gasteiger partial charge on any atom is 0.262 e. The number of hydrogen-bond acceptors (Lipinski definition) is 5. The third kappa shape index (κ3) is 4.65. The molecule has 0 aliphatic heterocycles. The van der Waals surface area contributed by atoms with Crippen LogP contribution in [-0.4, -0.2) is 28.9 Å². The predicted molar refractivity (Wildman–Crippen MR) is 130 cm³/mol. The van der Waals surface area contributed by atoms with Gasteiger partial charge in [-0.15, -0.1) is 11.3 Å². The molecule has 0 radical (unpaired) electrons. The molecule has 1 amide bonds. The Bertz CT molecular complexity index is 1250. The number of imidazole rings is 1. The number of amides is 1. The van der Waals surface area contributed by atoms with Gasteiger partial charge in [-0.2, -0.15) is 0 Å². The van der Waals surface area contributed by atoms with Gasteiger partial charge in [-0.3, -0.25) is 9.20 Å². The molecular weight excluding hydrogens is 444 g/mol. The predicted octanol–water partition coefficient (Wildman–Crippen LogP) is 5.11. The summed E-state index contributed by atoms with van der Waals surface area (Å²) in [5.74, 6) is -0.0757. The Morgan fingerprint density at radius 2 is 2.16 bits per heavy atom. The van der Waals surface area contributed by atoms with Crippen molar-refractivity contribution in [1.82, 2.24) is 14.7 Å². The number of hydrogen-bond donors (Lipinski definition) is 2. The number of aromatic nitrogens is 2. The van der Waals surface area contributed by atoms with E-state index in [2.05, 4.69) is 16.4 Å². The summed E-state index contributed by atoms with van der Waals surface area (Å²) in [4.78, 5) is 17.8. The van der Waals surface area contributed by atoms with Gasteiger partial charge in [-0.25, -0.2) is 4.98 Å². The lowest BCUT2D eigenvalue weighted by atomic mass is 10.0. The summed E-state index contributed by atoms with van der Waals surface area (Å²) in [5.41, 5.74) is 9.40. The van der Waals surface area contributed by atoms with Gasteiger partial charge in [-0.1, -0.05) is 29.8 Å². The number of nitrogens with two attached hydrogens (primary N) is 1. The Hall–Kier alpha value is -2.87. The Morgan fingerprint density at radius 3 is 2.91 bits per heavy atom. The van der Waals surface area contributed by atoms with Crippen molar-refractivity contribution in [2.75, 3.05) is 13.6 Å².